The molecule has 0 atom stereocenters. The molecule has 0 radical (unpaired) electrons. The Labute approximate surface area is 133 Å². The summed E-state index contributed by atoms with van der Waals surface area (Å²) in [5.74, 6) is -0.611. The van der Waals surface area contributed by atoms with Crippen molar-refractivity contribution in [3.05, 3.63) is 42.2 Å². The summed E-state index contributed by atoms with van der Waals surface area (Å²) in [6, 6.07) is 5.35. The third-order valence-corrected chi connectivity index (χ3v) is 5.43. The molecule has 2 amide bonds. The van der Waals surface area contributed by atoms with E-state index < -0.39 is 0 Å². The second kappa shape index (κ2) is 6.51. The predicted molar refractivity (Wildman–Crippen MR) is 85.4 cm³/mol. The van der Waals surface area contributed by atoms with Crippen LogP contribution in [-0.4, -0.2) is 11.8 Å². The van der Waals surface area contributed by atoms with Crippen LogP contribution in [0.2, 0.25) is 0 Å². The molecule has 0 saturated carbocycles. The summed E-state index contributed by atoms with van der Waals surface area (Å²) in [7, 11) is 0. The minimum atomic E-state index is -0.321. The summed E-state index contributed by atoms with van der Waals surface area (Å²) in [6.07, 6.45) is 0.894. The molecule has 0 aliphatic carbocycles. The predicted octanol–water partition coefficient (Wildman–Crippen LogP) is 3.52. The van der Waals surface area contributed by atoms with Gasteiger partial charge in [0.2, 0.25) is 0 Å². The number of thiophene rings is 2. The van der Waals surface area contributed by atoms with Crippen molar-refractivity contribution in [1.29, 1.82) is 0 Å². The Morgan fingerprint density at radius 2 is 1.80 bits per heavy atom. The zero-order valence-electron chi connectivity index (χ0n) is 11.0. The van der Waals surface area contributed by atoms with Gasteiger partial charge < -0.3 is 0 Å². The van der Waals surface area contributed by atoms with Crippen LogP contribution in [0.5, 0.6) is 0 Å². The normalized spacial score (nSPS) is 10.3. The van der Waals surface area contributed by atoms with E-state index in [9.17, 15) is 9.59 Å². The maximum atomic E-state index is 11.9. The maximum absolute atomic E-state index is 11.9. The van der Waals surface area contributed by atoms with Crippen LogP contribution >= 0.6 is 38.6 Å². The molecule has 7 heteroatoms. The van der Waals surface area contributed by atoms with E-state index in [1.54, 1.807) is 12.1 Å². The Morgan fingerprint density at radius 3 is 2.30 bits per heavy atom. The minimum Gasteiger partial charge on any atom is -0.266 e. The van der Waals surface area contributed by atoms with Crippen LogP contribution in [0, 0.1) is 6.92 Å². The SMILES string of the molecule is CCc1cc(C(=O)NNC(=O)c2ccc(Br)s2)sc1C. The molecule has 0 saturated heterocycles. The van der Waals surface area contributed by atoms with Crippen molar-refractivity contribution < 1.29 is 9.59 Å². The summed E-state index contributed by atoms with van der Waals surface area (Å²) >= 11 is 6.03. The number of carbonyl (C=O) groups is 2. The minimum absolute atomic E-state index is 0.290. The molecule has 20 heavy (non-hydrogen) atoms. The number of hydrogen-bond acceptors (Lipinski definition) is 4. The lowest BCUT2D eigenvalue weighted by Gasteiger charge is -2.04. The number of halogens is 1. The van der Waals surface area contributed by atoms with Gasteiger partial charge in [-0.3, -0.25) is 20.4 Å². The third kappa shape index (κ3) is 3.47. The van der Waals surface area contributed by atoms with Gasteiger partial charge in [0.25, 0.3) is 11.8 Å². The quantitative estimate of drug-likeness (QED) is 0.809. The van der Waals surface area contributed by atoms with E-state index in [1.165, 1.54) is 22.7 Å². The van der Waals surface area contributed by atoms with Crippen molar-refractivity contribution in [1.82, 2.24) is 10.9 Å². The zero-order valence-corrected chi connectivity index (χ0v) is 14.2. The molecule has 0 bridgehead atoms. The van der Waals surface area contributed by atoms with Gasteiger partial charge in [0.05, 0.1) is 13.5 Å². The fraction of sp³-hybridized carbons (Fsp3) is 0.231. The first-order chi connectivity index (χ1) is 9.51. The zero-order chi connectivity index (χ0) is 14.7. The molecule has 106 valence electrons. The average molecular weight is 373 g/mol. The molecule has 0 fully saturated rings. The number of amides is 2. The fourth-order valence-corrected chi connectivity index (χ4v) is 3.95. The van der Waals surface area contributed by atoms with Gasteiger partial charge in [-0.25, -0.2) is 0 Å². The van der Waals surface area contributed by atoms with E-state index in [-0.39, 0.29) is 11.8 Å². The standard InChI is InChI=1S/C13H13BrN2O2S2/c1-3-8-6-10(19-7(8)2)13(18)16-15-12(17)9-4-5-11(14)20-9/h4-6H,3H2,1-2H3,(H,15,17)(H,16,18). The van der Waals surface area contributed by atoms with Crippen molar-refractivity contribution in [3.63, 3.8) is 0 Å². The summed E-state index contributed by atoms with van der Waals surface area (Å²) < 4.78 is 0.871. The molecule has 2 N–H and O–H groups in total. The Balaban J connectivity index is 1.96. The molecule has 0 aliphatic rings. The first kappa shape index (κ1) is 15.2. The van der Waals surface area contributed by atoms with Gasteiger partial charge in [-0.15, -0.1) is 22.7 Å². The van der Waals surface area contributed by atoms with E-state index in [0.29, 0.717) is 9.75 Å². The van der Waals surface area contributed by atoms with Crippen LogP contribution in [0.4, 0.5) is 0 Å². The third-order valence-electron chi connectivity index (χ3n) is 2.71. The van der Waals surface area contributed by atoms with Crippen molar-refractivity contribution in [3.8, 4) is 0 Å². The number of hydrogen-bond donors (Lipinski definition) is 2. The van der Waals surface area contributed by atoms with Crippen molar-refractivity contribution in [2.75, 3.05) is 0 Å². The molecule has 0 aliphatic heterocycles. The summed E-state index contributed by atoms with van der Waals surface area (Å²) in [6.45, 7) is 4.04. The number of carbonyl (C=O) groups excluding carboxylic acids is 2. The molecule has 4 nitrogen and oxygen atoms in total. The summed E-state index contributed by atoms with van der Waals surface area (Å²) in [5.41, 5.74) is 6.01. The fourth-order valence-electron chi connectivity index (χ4n) is 1.66. The van der Waals surface area contributed by atoms with Crippen LogP contribution in [-0.2, 0) is 6.42 Å². The van der Waals surface area contributed by atoms with Gasteiger partial charge in [0.1, 0.15) is 0 Å². The van der Waals surface area contributed by atoms with E-state index in [2.05, 4.69) is 26.8 Å². The summed E-state index contributed by atoms with van der Waals surface area (Å²) in [4.78, 5) is 26.0. The van der Waals surface area contributed by atoms with Crippen molar-refractivity contribution >= 4 is 50.4 Å². The van der Waals surface area contributed by atoms with Crippen molar-refractivity contribution in [2.45, 2.75) is 20.3 Å². The van der Waals surface area contributed by atoms with Gasteiger partial charge in [-0.05, 0) is 53.0 Å². The van der Waals surface area contributed by atoms with Crippen LogP contribution in [0.1, 0.15) is 36.7 Å². The Kier molecular flexibility index (Phi) is 4.95. The van der Waals surface area contributed by atoms with E-state index in [4.69, 9.17) is 0 Å². The van der Waals surface area contributed by atoms with Gasteiger partial charge in [0.15, 0.2) is 0 Å². The Morgan fingerprint density at radius 1 is 1.15 bits per heavy atom. The maximum Gasteiger partial charge on any atom is 0.279 e. The smallest absolute Gasteiger partial charge is 0.266 e. The topological polar surface area (TPSA) is 58.2 Å². The lowest BCUT2D eigenvalue weighted by atomic mass is 10.2. The Hall–Kier alpha value is -1.18. The summed E-state index contributed by atoms with van der Waals surface area (Å²) in [5, 5.41) is 0. The first-order valence-corrected chi connectivity index (χ1v) is 8.39. The molecule has 2 aromatic rings. The molecule has 0 spiro atoms. The lowest BCUT2D eigenvalue weighted by molar-refractivity contribution is 0.0851. The van der Waals surface area contributed by atoms with Crippen LogP contribution in [0.15, 0.2) is 22.0 Å². The molecular formula is C13H13BrN2O2S2. The number of aryl methyl sites for hydroxylation is 2. The Bertz CT molecular complexity index is 649. The second-order valence-corrected chi connectivity index (χ2v) is 7.78. The first-order valence-electron chi connectivity index (χ1n) is 5.96. The largest absolute Gasteiger partial charge is 0.279 e. The number of nitrogens with one attached hydrogen (secondary N) is 2. The molecule has 0 unspecified atom stereocenters. The highest BCUT2D eigenvalue weighted by Crippen LogP contribution is 2.22. The van der Waals surface area contributed by atoms with Crippen LogP contribution in [0.25, 0.3) is 0 Å². The monoisotopic (exact) mass is 372 g/mol. The highest BCUT2D eigenvalue weighted by molar-refractivity contribution is 9.11. The number of rotatable bonds is 3. The molecule has 2 rings (SSSR count). The highest BCUT2D eigenvalue weighted by Gasteiger charge is 2.13. The van der Waals surface area contributed by atoms with Crippen LogP contribution in [0.3, 0.4) is 0 Å². The van der Waals surface area contributed by atoms with E-state index >= 15 is 0 Å². The van der Waals surface area contributed by atoms with E-state index in [1.807, 2.05) is 19.9 Å². The molecule has 0 aromatic carbocycles. The average Bonchev–Trinajstić information content (AvgIpc) is 3.01. The second-order valence-electron chi connectivity index (χ2n) is 4.06. The number of hydrazine groups is 1. The highest BCUT2D eigenvalue weighted by atomic mass is 79.9. The van der Waals surface area contributed by atoms with Gasteiger partial charge >= 0.3 is 0 Å². The molecular weight excluding hydrogens is 360 g/mol. The lowest BCUT2D eigenvalue weighted by Crippen LogP contribution is -2.41. The van der Waals surface area contributed by atoms with Crippen molar-refractivity contribution in [2.24, 2.45) is 0 Å². The molecule has 2 aromatic heterocycles. The van der Waals surface area contributed by atoms with Gasteiger partial charge in [-0.2, -0.15) is 0 Å². The molecule has 2 heterocycles. The van der Waals surface area contributed by atoms with Crippen LogP contribution < -0.4 is 10.9 Å². The van der Waals surface area contributed by atoms with Gasteiger partial charge in [-0.1, -0.05) is 6.92 Å². The van der Waals surface area contributed by atoms with Gasteiger partial charge in [0, 0.05) is 4.88 Å². The van der Waals surface area contributed by atoms with E-state index in [0.717, 1.165) is 20.6 Å².